The van der Waals surface area contributed by atoms with Crippen LogP contribution in [0, 0.1) is 12.8 Å². The Morgan fingerprint density at radius 2 is 1.95 bits per heavy atom. The van der Waals surface area contributed by atoms with Gasteiger partial charge in [-0.15, -0.1) is 0 Å². The third kappa shape index (κ3) is 2.95. The molecular weight excluding hydrogens is 280 g/mol. The highest BCUT2D eigenvalue weighted by atomic mass is 16.2. The summed E-state index contributed by atoms with van der Waals surface area (Å²) in [6.45, 7) is 4.83. The van der Waals surface area contributed by atoms with Crippen molar-refractivity contribution in [2.24, 2.45) is 5.92 Å². The maximum Gasteiger partial charge on any atom is 0.227 e. The van der Waals surface area contributed by atoms with Gasteiger partial charge in [0, 0.05) is 38.3 Å². The normalized spacial score (nSPS) is 16.0. The van der Waals surface area contributed by atoms with Crippen LogP contribution in [0.25, 0.3) is 5.65 Å². The SMILES string of the molecule is CC(=O)N1CCC(C(=O)Nc2ccc3nc(C)cn3c2)CC1. The van der Waals surface area contributed by atoms with Crippen LogP contribution in [0.5, 0.6) is 0 Å². The van der Waals surface area contributed by atoms with E-state index in [-0.39, 0.29) is 17.7 Å². The Hall–Kier alpha value is -2.37. The number of nitrogens with zero attached hydrogens (tertiary/aromatic N) is 3. The van der Waals surface area contributed by atoms with Gasteiger partial charge in [0.15, 0.2) is 0 Å². The van der Waals surface area contributed by atoms with Gasteiger partial charge in [-0.05, 0) is 31.9 Å². The van der Waals surface area contributed by atoms with Crippen molar-refractivity contribution in [2.45, 2.75) is 26.7 Å². The predicted molar refractivity (Wildman–Crippen MR) is 83.5 cm³/mol. The van der Waals surface area contributed by atoms with Crippen molar-refractivity contribution in [3.05, 3.63) is 30.2 Å². The Morgan fingerprint density at radius 3 is 2.64 bits per heavy atom. The highest BCUT2D eigenvalue weighted by Gasteiger charge is 2.26. The molecule has 22 heavy (non-hydrogen) atoms. The van der Waals surface area contributed by atoms with Gasteiger partial charge in [-0.25, -0.2) is 4.98 Å². The molecule has 6 nitrogen and oxygen atoms in total. The summed E-state index contributed by atoms with van der Waals surface area (Å²) in [5, 5.41) is 2.97. The second-order valence-corrected chi connectivity index (χ2v) is 5.84. The number of aryl methyl sites for hydroxylation is 1. The summed E-state index contributed by atoms with van der Waals surface area (Å²) in [5.74, 6) is 0.0787. The fourth-order valence-corrected chi connectivity index (χ4v) is 2.89. The molecule has 116 valence electrons. The van der Waals surface area contributed by atoms with Gasteiger partial charge in [-0.2, -0.15) is 0 Å². The van der Waals surface area contributed by atoms with Gasteiger partial charge in [-0.3, -0.25) is 9.59 Å². The largest absolute Gasteiger partial charge is 0.343 e. The topological polar surface area (TPSA) is 66.7 Å². The van der Waals surface area contributed by atoms with Crippen molar-refractivity contribution in [1.29, 1.82) is 0 Å². The van der Waals surface area contributed by atoms with E-state index in [0.717, 1.165) is 29.9 Å². The summed E-state index contributed by atoms with van der Waals surface area (Å²) in [5.41, 5.74) is 2.58. The average molecular weight is 300 g/mol. The molecule has 0 radical (unpaired) electrons. The zero-order valence-corrected chi connectivity index (χ0v) is 12.9. The number of imidazole rings is 1. The number of carbonyl (C=O) groups is 2. The van der Waals surface area contributed by atoms with E-state index in [2.05, 4.69) is 10.3 Å². The van der Waals surface area contributed by atoms with Crippen molar-refractivity contribution in [3.63, 3.8) is 0 Å². The fraction of sp³-hybridized carbons (Fsp3) is 0.438. The molecule has 3 heterocycles. The first-order valence-corrected chi connectivity index (χ1v) is 7.54. The van der Waals surface area contributed by atoms with Gasteiger partial charge in [-0.1, -0.05) is 0 Å². The van der Waals surface area contributed by atoms with Gasteiger partial charge in [0.2, 0.25) is 11.8 Å². The van der Waals surface area contributed by atoms with E-state index in [1.54, 1.807) is 11.8 Å². The summed E-state index contributed by atoms with van der Waals surface area (Å²) >= 11 is 0. The van der Waals surface area contributed by atoms with Crippen LogP contribution in [0.2, 0.25) is 0 Å². The molecule has 0 atom stereocenters. The fourth-order valence-electron chi connectivity index (χ4n) is 2.89. The van der Waals surface area contributed by atoms with Crippen molar-refractivity contribution in [2.75, 3.05) is 18.4 Å². The van der Waals surface area contributed by atoms with E-state index < -0.39 is 0 Å². The van der Waals surface area contributed by atoms with Gasteiger partial charge in [0.25, 0.3) is 0 Å². The average Bonchev–Trinajstić information content (AvgIpc) is 2.86. The maximum atomic E-state index is 12.3. The molecule has 1 saturated heterocycles. The molecule has 0 aromatic carbocycles. The molecule has 2 aromatic heterocycles. The molecule has 6 heteroatoms. The van der Waals surface area contributed by atoms with Gasteiger partial charge < -0.3 is 14.6 Å². The number of fused-ring (bicyclic) bond motifs is 1. The smallest absolute Gasteiger partial charge is 0.227 e. The Bertz CT molecular complexity index is 714. The van der Waals surface area contributed by atoms with Gasteiger partial charge in [0.1, 0.15) is 5.65 Å². The number of anilines is 1. The Kier molecular flexibility index (Phi) is 3.83. The number of rotatable bonds is 2. The van der Waals surface area contributed by atoms with E-state index in [0.29, 0.717) is 13.1 Å². The second kappa shape index (κ2) is 5.79. The van der Waals surface area contributed by atoms with Crippen LogP contribution in [0.4, 0.5) is 5.69 Å². The molecule has 0 saturated carbocycles. The van der Waals surface area contributed by atoms with E-state index in [9.17, 15) is 9.59 Å². The van der Waals surface area contributed by atoms with Gasteiger partial charge in [0.05, 0.1) is 11.4 Å². The number of nitrogens with one attached hydrogen (secondary N) is 1. The van der Waals surface area contributed by atoms with E-state index in [1.807, 2.05) is 35.9 Å². The zero-order chi connectivity index (χ0) is 15.7. The molecule has 2 aromatic rings. The first-order valence-electron chi connectivity index (χ1n) is 7.54. The summed E-state index contributed by atoms with van der Waals surface area (Å²) < 4.78 is 1.91. The van der Waals surface area contributed by atoms with Crippen LogP contribution in [-0.2, 0) is 9.59 Å². The number of carbonyl (C=O) groups excluding carboxylic acids is 2. The van der Waals surface area contributed by atoms with Crippen LogP contribution in [0.1, 0.15) is 25.5 Å². The molecular formula is C16H20N4O2. The Morgan fingerprint density at radius 1 is 1.23 bits per heavy atom. The minimum atomic E-state index is -0.0316. The minimum Gasteiger partial charge on any atom is -0.343 e. The van der Waals surface area contributed by atoms with Crippen molar-refractivity contribution in [1.82, 2.24) is 14.3 Å². The molecule has 2 amide bonds. The number of pyridine rings is 1. The quantitative estimate of drug-likeness (QED) is 0.920. The monoisotopic (exact) mass is 300 g/mol. The number of hydrogen-bond acceptors (Lipinski definition) is 3. The molecule has 1 aliphatic rings. The van der Waals surface area contributed by atoms with E-state index >= 15 is 0 Å². The molecule has 0 aliphatic carbocycles. The van der Waals surface area contributed by atoms with Crippen LogP contribution >= 0.6 is 0 Å². The number of hydrogen-bond donors (Lipinski definition) is 1. The Labute approximate surface area is 129 Å². The molecule has 3 rings (SSSR count). The lowest BCUT2D eigenvalue weighted by molar-refractivity contribution is -0.132. The lowest BCUT2D eigenvalue weighted by Gasteiger charge is -2.30. The predicted octanol–water partition coefficient (Wildman–Crippen LogP) is 1.84. The van der Waals surface area contributed by atoms with Crippen LogP contribution < -0.4 is 5.32 Å². The lowest BCUT2D eigenvalue weighted by Crippen LogP contribution is -2.40. The standard InChI is InChI=1S/C16H20N4O2/c1-11-9-20-10-14(3-4-15(20)17-11)18-16(22)13-5-7-19(8-6-13)12(2)21/h3-4,9-10,13H,5-8H2,1-2H3,(H,18,22). The number of piperidine rings is 1. The van der Waals surface area contributed by atoms with E-state index in [1.165, 1.54) is 0 Å². The highest BCUT2D eigenvalue weighted by Crippen LogP contribution is 2.20. The third-order valence-corrected chi connectivity index (χ3v) is 4.15. The van der Waals surface area contributed by atoms with Gasteiger partial charge >= 0.3 is 0 Å². The molecule has 1 aliphatic heterocycles. The second-order valence-electron chi connectivity index (χ2n) is 5.84. The summed E-state index contributed by atoms with van der Waals surface area (Å²) in [6, 6.07) is 3.76. The third-order valence-electron chi connectivity index (χ3n) is 4.15. The van der Waals surface area contributed by atoms with Crippen molar-refractivity contribution in [3.8, 4) is 0 Å². The van der Waals surface area contributed by atoms with Crippen molar-refractivity contribution < 1.29 is 9.59 Å². The van der Waals surface area contributed by atoms with Crippen molar-refractivity contribution >= 4 is 23.1 Å². The highest BCUT2D eigenvalue weighted by molar-refractivity contribution is 5.92. The van der Waals surface area contributed by atoms with Crippen LogP contribution in [0.3, 0.4) is 0 Å². The summed E-state index contributed by atoms with van der Waals surface area (Å²) in [4.78, 5) is 29.8. The number of likely N-dealkylation sites (tertiary alicyclic amines) is 1. The lowest BCUT2D eigenvalue weighted by atomic mass is 9.96. The maximum absolute atomic E-state index is 12.3. The number of aromatic nitrogens is 2. The Balaban J connectivity index is 1.64. The van der Waals surface area contributed by atoms with E-state index in [4.69, 9.17) is 0 Å². The molecule has 1 fully saturated rings. The first kappa shape index (κ1) is 14.6. The molecule has 0 spiro atoms. The first-order chi connectivity index (χ1) is 10.5. The summed E-state index contributed by atoms with van der Waals surface area (Å²) in [6.07, 6.45) is 5.24. The number of amides is 2. The zero-order valence-electron chi connectivity index (χ0n) is 12.9. The minimum absolute atomic E-state index is 0.0272. The molecule has 1 N–H and O–H groups in total. The van der Waals surface area contributed by atoms with Crippen LogP contribution in [0.15, 0.2) is 24.5 Å². The summed E-state index contributed by atoms with van der Waals surface area (Å²) in [7, 11) is 0. The molecule has 0 bridgehead atoms. The molecule has 0 unspecified atom stereocenters. The van der Waals surface area contributed by atoms with Crippen LogP contribution in [-0.4, -0.2) is 39.2 Å².